The summed E-state index contributed by atoms with van der Waals surface area (Å²) in [5.74, 6) is 1.87. The van der Waals surface area contributed by atoms with Gasteiger partial charge in [-0.3, -0.25) is 9.88 Å². The van der Waals surface area contributed by atoms with E-state index in [2.05, 4.69) is 176 Å². The van der Waals surface area contributed by atoms with Crippen molar-refractivity contribution in [1.29, 1.82) is 0 Å². The third-order valence-electron chi connectivity index (χ3n) is 9.75. The van der Waals surface area contributed by atoms with Crippen LogP contribution in [0.15, 0.2) is 169 Å². The molecule has 0 radical (unpaired) electrons. The summed E-state index contributed by atoms with van der Waals surface area (Å²) in [7, 11) is 0. The Balaban J connectivity index is 1.14. The summed E-state index contributed by atoms with van der Waals surface area (Å²) in [5, 5.41) is 12.4. The van der Waals surface area contributed by atoms with Gasteiger partial charge < -0.3 is 14.9 Å². The largest absolute Gasteiger partial charge is 0.349 e. The summed E-state index contributed by atoms with van der Waals surface area (Å²) < 4.78 is 4.75. The standard InChI is InChI=1S/C43H32N6/c1-4-14-28(15-5-1)41-45-42(29-16-6-2-7-17-29)47-43(46-41)35-24-25-40(44-35)49-37-23-13-11-21-32(37)34-26-33-31-20-10-12-22-36(31)48(38(33)27-39(34)49)30-18-8-3-9-19-30/h1-27,41,43-44,46H,(H,45,47). The van der Waals surface area contributed by atoms with Gasteiger partial charge in [0.05, 0.1) is 27.8 Å². The minimum Gasteiger partial charge on any atom is -0.349 e. The first kappa shape index (κ1) is 27.7. The smallest absolute Gasteiger partial charge is 0.131 e. The van der Waals surface area contributed by atoms with Crippen LogP contribution in [0.5, 0.6) is 0 Å². The van der Waals surface area contributed by atoms with Crippen molar-refractivity contribution in [3.05, 3.63) is 181 Å². The molecule has 6 nitrogen and oxygen atoms in total. The fourth-order valence-electron chi connectivity index (χ4n) is 7.51. The van der Waals surface area contributed by atoms with Gasteiger partial charge in [0.25, 0.3) is 0 Å². The van der Waals surface area contributed by atoms with Crippen molar-refractivity contribution in [3.63, 3.8) is 0 Å². The fraction of sp³-hybridized carbons (Fsp3) is 0.0465. The Morgan fingerprint density at radius 3 is 1.80 bits per heavy atom. The fourth-order valence-corrected chi connectivity index (χ4v) is 7.51. The van der Waals surface area contributed by atoms with Gasteiger partial charge in [0.15, 0.2) is 0 Å². The molecule has 6 heteroatoms. The lowest BCUT2D eigenvalue weighted by Gasteiger charge is -2.31. The molecule has 3 N–H and O–H groups in total. The van der Waals surface area contributed by atoms with Gasteiger partial charge in [-0.15, -0.1) is 0 Å². The van der Waals surface area contributed by atoms with Gasteiger partial charge in [-0.05, 0) is 54.1 Å². The van der Waals surface area contributed by atoms with Crippen LogP contribution in [-0.4, -0.2) is 20.0 Å². The van der Waals surface area contributed by atoms with Crippen LogP contribution in [0.3, 0.4) is 0 Å². The lowest BCUT2D eigenvalue weighted by atomic mass is 10.1. The van der Waals surface area contributed by atoms with Crippen LogP contribution in [0, 0.1) is 0 Å². The van der Waals surface area contributed by atoms with E-state index < -0.39 is 0 Å². The van der Waals surface area contributed by atoms with E-state index in [0.29, 0.717) is 0 Å². The van der Waals surface area contributed by atoms with E-state index in [1.165, 1.54) is 32.6 Å². The van der Waals surface area contributed by atoms with E-state index in [4.69, 9.17) is 4.99 Å². The molecule has 10 rings (SSSR count). The average molecular weight is 633 g/mol. The van der Waals surface area contributed by atoms with E-state index in [1.54, 1.807) is 0 Å². The molecule has 49 heavy (non-hydrogen) atoms. The van der Waals surface area contributed by atoms with Crippen molar-refractivity contribution in [2.24, 2.45) is 4.99 Å². The van der Waals surface area contributed by atoms with Crippen molar-refractivity contribution >= 4 is 49.4 Å². The van der Waals surface area contributed by atoms with Crippen molar-refractivity contribution < 1.29 is 0 Å². The Labute approximate surface area is 283 Å². The molecule has 0 bridgehead atoms. The number of amidine groups is 1. The van der Waals surface area contributed by atoms with Crippen LogP contribution in [0.4, 0.5) is 0 Å². The number of aliphatic imine (C=N–C) groups is 1. The second-order valence-corrected chi connectivity index (χ2v) is 12.6. The molecule has 2 atom stereocenters. The molecule has 0 saturated carbocycles. The first-order valence-electron chi connectivity index (χ1n) is 16.7. The highest BCUT2D eigenvalue weighted by Crippen LogP contribution is 2.39. The van der Waals surface area contributed by atoms with Crippen LogP contribution in [0.1, 0.15) is 29.2 Å². The quantitative estimate of drug-likeness (QED) is 0.177. The van der Waals surface area contributed by atoms with E-state index in [1.807, 2.05) is 12.1 Å². The predicted molar refractivity (Wildman–Crippen MR) is 201 cm³/mol. The van der Waals surface area contributed by atoms with E-state index in [0.717, 1.165) is 45.2 Å². The highest BCUT2D eigenvalue weighted by atomic mass is 15.3. The minimum absolute atomic E-state index is 0.188. The number of aromatic nitrogens is 3. The van der Waals surface area contributed by atoms with Gasteiger partial charge in [0, 0.05) is 32.8 Å². The normalized spacial score (nSPS) is 16.4. The Hall–Kier alpha value is -6.37. The summed E-state index contributed by atoms with van der Waals surface area (Å²) >= 11 is 0. The Bertz CT molecular complexity index is 2660. The minimum atomic E-state index is -0.198. The molecule has 0 spiro atoms. The molecule has 1 aliphatic rings. The van der Waals surface area contributed by atoms with Gasteiger partial charge in [0.1, 0.15) is 24.0 Å². The number of benzene rings is 6. The number of nitrogens with zero attached hydrogens (tertiary/aromatic N) is 3. The first-order valence-corrected chi connectivity index (χ1v) is 16.7. The number of para-hydroxylation sites is 3. The van der Waals surface area contributed by atoms with Gasteiger partial charge in [-0.25, -0.2) is 4.99 Å². The number of H-pyrrole nitrogens is 1. The topological polar surface area (TPSA) is 62.1 Å². The number of hydrogen-bond acceptors (Lipinski definition) is 3. The predicted octanol–water partition coefficient (Wildman–Crippen LogP) is 9.55. The molecule has 0 aliphatic carbocycles. The zero-order valence-corrected chi connectivity index (χ0v) is 26.6. The van der Waals surface area contributed by atoms with Gasteiger partial charge in [-0.1, -0.05) is 115 Å². The van der Waals surface area contributed by atoms with E-state index >= 15 is 0 Å². The van der Waals surface area contributed by atoms with Crippen LogP contribution in [-0.2, 0) is 0 Å². The molecule has 2 unspecified atom stereocenters. The van der Waals surface area contributed by atoms with Crippen LogP contribution >= 0.6 is 0 Å². The molecule has 6 aromatic carbocycles. The van der Waals surface area contributed by atoms with Gasteiger partial charge in [-0.2, -0.15) is 0 Å². The zero-order chi connectivity index (χ0) is 32.3. The van der Waals surface area contributed by atoms with Crippen molar-refractivity contribution in [2.75, 3.05) is 0 Å². The SMILES string of the molecule is c1ccc(C2=NC(c3ccccc3)NC(c3ccc(-n4c5ccccc5c5cc6c7ccccc7n(-c7ccccc7)c6cc54)[nH]3)N2)cc1. The molecule has 0 amide bonds. The number of hydrogen-bond donors (Lipinski definition) is 3. The Morgan fingerprint density at radius 1 is 0.490 bits per heavy atom. The molecule has 0 fully saturated rings. The molecule has 234 valence electrons. The maximum atomic E-state index is 5.09. The summed E-state index contributed by atoms with van der Waals surface area (Å²) in [6.45, 7) is 0. The van der Waals surface area contributed by atoms with Crippen LogP contribution in [0.25, 0.3) is 55.1 Å². The molecule has 0 saturated heterocycles. The van der Waals surface area contributed by atoms with Crippen LogP contribution < -0.4 is 10.6 Å². The first-order chi connectivity index (χ1) is 24.3. The number of nitrogens with one attached hydrogen (secondary N) is 3. The third-order valence-corrected chi connectivity index (χ3v) is 9.75. The second kappa shape index (κ2) is 11.1. The van der Waals surface area contributed by atoms with Gasteiger partial charge >= 0.3 is 0 Å². The summed E-state index contributed by atoms with van der Waals surface area (Å²) in [4.78, 5) is 8.90. The van der Waals surface area contributed by atoms with Crippen molar-refractivity contribution in [3.8, 4) is 11.5 Å². The lowest BCUT2D eigenvalue weighted by Crippen LogP contribution is -2.45. The Morgan fingerprint density at radius 2 is 1.08 bits per heavy atom. The highest BCUT2D eigenvalue weighted by Gasteiger charge is 2.27. The zero-order valence-electron chi connectivity index (χ0n) is 26.6. The van der Waals surface area contributed by atoms with Crippen molar-refractivity contribution in [2.45, 2.75) is 12.3 Å². The van der Waals surface area contributed by atoms with Crippen LogP contribution in [0.2, 0.25) is 0 Å². The monoisotopic (exact) mass is 632 g/mol. The molecular weight excluding hydrogens is 601 g/mol. The Kier molecular flexibility index (Phi) is 6.29. The molecule has 9 aromatic rings. The van der Waals surface area contributed by atoms with E-state index in [-0.39, 0.29) is 12.3 Å². The summed E-state index contributed by atoms with van der Waals surface area (Å²) in [6.07, 6.45) is -0.386. The highest BCUT2D eigenvalue weighted by molar-refractivity contribution is 6.19. The summed E-state index contributed by atoms with van der Waals surface area (Å²) in [5.41, 5.74) is 9.05. The molecular formula is C43H32N6. The number of aromatic amines is 1. The third kappa shape index (κ3) is 4.49. The van der Waals surface area contributed by atoms with Gasteiger partial charge in [0.2, 0.25) is 0 Å². The van der Waals surface area contributed by atoms with Crippen molar-refractivity contribution in [1.82, 2.24) is 24.8 Å². The second-order valence-electron chi connectivity index (χ2n) is 12.6. The molecule has 4 heterocycles. The number of rotatable bonds is 5. The summed E-state index contributed by atoms with van der Waals surface area (Å²) in [6, 6.07) is 57.9. The van der Waals surface area contributed by atoms with E-state index in [9.17, 15) is 0 Å². The number of fused-ring (bicyclic) bond motifs is 6. The maximum Gasteiger partial charge on any atom is 0.131 e. The average Bonchev–Trinajstić information content (AvgIpc) is 3.87. The molecule has 1 aliphatic heterocycles. The molecule has 3 aromatic heterocycles. The lowest BCUT2D eigenvalue weighted by molar-refractivity contribution is 0.403. The maximum absolute atomic E-state index is 5.09.